The van der Waals surface area contributed by atoms with E-state index in [2.05, 4.69) is 17.5 Å². The van der Waals surface area contributed by atoms with Crippen molar-refractivity contribution in [3.8, 4) is 11.5 Å². The van der Waals surface area contributed by atoms with E-state index in [1.165, 1.54) is 0 Å². The molecule has 0 aromatic heterocycles. The largest absolute Gasteiger partial charge is 0.493 e. The number of carbonyl (C=O) groups excluding carboxylic acids is 1. The average molecular weight is 368 g/mol. The van der Waals surface area contributed by atoms with Crippen LogP contribution in [0.2, 0.25) is 0 Å². The maximum Gasteiger partial charge on any atom is 0.244 e. The molecule has 144 valence electrons. The second-order valence-corrected chi connectivity index (χ2v) is 6.28. The van der Waals surface area contributed by atoms with Gasteiger partial charge in [0, 0.05) is 0 Å². The number of rotatable bonds is 10. The fraction of sp³-hybridized carbons (Fsp3) is 0.364. The number of nitrogens with zero attached hydrogens (tertiary/aromatic N) is 1. The number of ether oxygens (including phenoxy) is 2. The van der Waals surface area contributed by atoms with Gasteiger partial charge in [0.25, 0.3) is 0 Å². The number of benzene rings is 2. The van der Waals surface area contributed by atoms with Crippen molar-refractivity contribution in [1.82, 2.24) is 5.43 Å². The molecule has 1 amide bonds. The molecule has 0 unspecified atom stereocenters. The first-order valence-corrected chi connectivity index (χ1v) is 9.29. The van der Waals surface area contributed by atoms with Gasteiger partial charge in [-0.3, -0.25) is 4.79 Å². The van der Waals surface area contributed by atoms with Gasteiger partial charge in [-0.1, -0.05) is 56.2 Å². The van der Waals surface area contributed by atoms with Crippen LogP contribution in [-0.2, 0) is 11.2 Å². The molecule has 5 nitrogen and oxygen atoms in total. The molecule has 2 rings (SSSR count). The number of unbranched alkanes of at least 4 members (excludes halogenated alkanes) is 2. The summed E-state index contributed by atoms with van der Waals surface area (Å²) in [4.78, 5) is 12.3. The third-order valence-electron chi connectivity index (χ3n) is 4.25. The van der Waals surface area contributed by atoms with Crippen molar-refractivity contribution in [2.45, 2.75) is 39.0 Å². The molecule has 0 bridgehead atoms. The number of hydrazone groups is 1. The zero-order valence-electron chi connectivity index (χ0n) is 16.3. The summed E-state index contributed by atoms with van der Waals surface area (Å²) in [5, 5.41) is 4.40. The van der Waals surface area contributed by atoms with Crippen molar-refractivity contribution in [3.05, 3.63) is 59.7 Å². The molecule has 27 heavy (non-hydrogen) atoms. The average Bonchev–Trinajstić information content (AvgIpc) is 2.71. The van der Waals surface area contributed by atoms with Crippen LogP contribution in [0.5, 0.6) is 11.5 Å². The molecular formula is C22H28N2O3. The van der Waals surface area contributed by atoms with Crippen molar-refractivity contribution in [3.63, 3.8) is 0 Å². The van der Waals surface area contributed by atoms with Crippen molar-refractivity contribution in [1.29, 1.82) is 0 Å². The Labute approximate surface area is 161 Å². The Bertz CT molecular complexity index is 757. The predicted molar refractivity (Wildman–Crippen MR) is 109 cm³/mol. The van der Waals surface area contributed by atoms with Gasteiger partial charge in [-0.15, -0.1) is 0 Å². The molecule has 0 saturated carbocycles. The molecule has 0 saturated heterocycles. The Morgan fingerprint density at radius 1 is 1.00 bits per heavy atom. The lowest BCUT2D eigenvalue weighted by Gasteiger charge is -2.10. The first-order chi connectivity index (χ1) is 13.2. The van der Waals surface area contributed by atoms with Crippen molar-refractivity contribution >= 4 is 11.6 Å². The lowest BCUT2D eigenvalue weighted by atomic mass is 10.0. The molecule has 0 aliphatic carbocycles. The summed E-state index contributed by atoms with van der Waals surface area (Å²) in [6.45, 7) is 2.17. The van der Waals surface area contributed by atoms with Gasteiger partial charge in [-0.05, 0) is 36.1 Å². The third kappa shape index (κ3) is 6.44. The lowest BCUT2D eigenvalue weighted by molar-refractivity contribution is -0.120. The fourth-order valence-electron chi connectivity index (χ4n) is 2.78. The molecule has 0 aliphatic rings. The Balaban J connectivity index is 2.05. The van der Waals surface area contributed by atoms with Crippen LogP contribution in [0.1, 0.15) is 43.7 Å². The van der Waals surface area contributed by atoms with E-state index in [4.69, 9.17) is 9.47 Å². The van der Waals surface area contributed by atoms with Gasteiger partial charge < -0.3 is 9.47 Å². The van der Waals surface area contributed by atoms with E-state index in [0.717, 1.165) is 42.5 Å². The molecule has 2 aromatic carbocycles. The van der Waals surface area contributed by atoms with E-state index in [0.29, 0.717) is 11.5 Å². The highest BCUT2D eigenvalue weighted by Crippen LogP contribution is 2.27. The van der Waals surface area contributed by atoms with E-state index < -0.39 is 0 Å². The Hall–Kier alpha value is -2.82. The molecule has 0 aliphatic heterocycles. The zero-order valence-corrected chi connectivity index (χ0v) is 16.3. The number of nitrogens with one attached hydrogen (secondary N) is 1. The van der Waals surface area contributed by atoms with E-state index in [1.807, 2.05) is 42.5 Å². The minimum Gasteiger partial charge on any atom is -0.493 e. The SMILES string of the molecule is CCCCC/C(=N\NC(=O)Cc1ccc(OC)c(OC)c1)c1ccccc1. The Kier molecular flexibility index (Phi) is 8.36. The summed E-state index contributed by atoms with van der Waals surface area (Å²) in [6, 6.07) is 15.4. The van der Waals surface area contributed by atoms with E-state index in [9.17, 15) is 4.79 Å². The van der Waals surface area contributed by atoms with Gasteiger partial charge in [0.2, 0.25) is 5.91 Å². The summed E-state index contributed by atoms with van der Waals surface area (Å²) in [5.74, 6) is 1.09. The number of hydrogen-bond donors (Lipinski definition) is 1. The number of amides is 1. The van der Waals surface area contributed by atoms with Crippen molar-refractivity contribution in [2.75, 3.05) is 14.2 Å². The van der Waals surface area contributed by atoms with Gasteiger partial charge >= 0.3 is 0 Å². The third-order valence-corrected chi connectivity index (χ3v) is 4.25. The summed E-state index contributed by atoms with van der Waals surface area (Å²) in [6.07, 6.45) is 4.41. The monoisotopic (exact) mass is 368 g/mol. The fourth-order valence-corrected chi connectivity index (χ4v) is 2.78. The van der Waals surface area contributed by atoms with Crippen LogP contribution in [0, 0.1) is 0 Å². The van der Waals surface area contributed by atoms with Gasteiger partial charge in [-0.25, -0.2) is 5.43 Å². The van der Waals surface area contributed by atoms with Crippen LogP contribution in [0.15, 0.2) is 53.6 Å². The topological polar surface area (TPSA) is 59.9 Å². The first kappa shape index (κ1) is 20.5. The normalized spacial score (nSPS) is 11.1. The second-order valence-electron chi connectivity index (χ2n) is 6.28. The molecule has 1 N–H and O–H groups in total. The summed E-state index contributed by atoms with van der Waals surface area (Å²) in [7, 11) is 3.16. The summed E-state index contributed by atoms with van der Waals surface area (Å²) >= 11 is 0. The number of methoxy groups -OCH3 is 2. The van der Waals surface area contributed by atoms with Gasteiger partial charge in [0.1, 0.15) is 0 Å². The Morgan fingerprint density at radius 3 is 2.41 bits per heavy atom. The van der Waals surface area contributed by atoms with Crippen LogP contribution in [0.4, 0.5) is 0 Å². The molecule has 0 radical (unpaired) electrons. The maximum absolute atomic E-state index is 12.3. The minimum absolute atomic E-state index is 0.161. The molecule has 0 heterocycles. The van der Waals surface area contributed by atoms with Crippen LogP contribution < -0.4 is 14.9 Å². The first-order valence-electron chi connectivity index (χ1n) is 9.29. The van der Waals surface area contributed by atoms with Gasteiger partial charge in [-0.2, -0.15) is 5.10 Å². The molecular weight excluding hydrogens is 340 g/mol. The quantitative estimate of drug-likeness (QED) is 0.385. The van der Waals surface area contributed by atoms with Crippen LogP contribution in [0.25, 0.3) is 0 Å². The lowest BCUT2D eigenvalue weighted by Crippen LogP contribution is -2.22. The van der Waals surface area contributed by atoms with Gasteiger partial charge in [0.15, 0.2) is 11.5 Å². The highest BCUT2D eigenvalue weighted by Gasteiger charge is 2.09. The van der Waals surface area contributed by atoms with E-state index in [1.54, 1.807) is 20.3 Å². The number of carbonyl (C=O) groups is 1. The second kappa shape index (κ2) is 11.0. The van der Waals surface area contributed by atoms with Crippen molar-refractivity contribution in [2.24, 2.45) is 5.10 Å². The standard InChI is InChI=1S/C22H28N2O3/c1-4-5-7-12-19(18-10-8-6-9-11-18)23-24-22(25)16-17-13-14-20(26-2)21(15-17)27-3/h6,8-11,13-15H,4-5,7,12,16H2,1-3H3,(H,24,25)/b23-19+. The van der Waals surface area contributed by atoms with E-state index in [-0.39, 0.29) is 12.3 Å². The summed E-state index contributed by atoms with van der Waals surface area (Å²) in [5.41, 5.74) is 5.49. The molecule has 5 heteroatoms. The Morgan fingerprint density at radius 2 is 1.74 bits per heavy atom. The van der Waals surface area contributed by atoms with Crippen LogP contribution in [0.3, 0.4) is 0 Å². The highest BCUT2D eigenvalue weighted by molar-refractivity contribution is 6.01. The number of hydrogen-bond acceptors (Lipinski definition) is 4. The molecule has 2 aromatic rings. The predicted octanol–water partition coefficient (Wildman–Crippen LogP) is 4.35. The molecule has 0 atom stereocenters. The van der Waals surface area contributed by atoms with Crippen LogP contribution in [-0.4, -0.2) is 25.8 Å². The highest BCUT2D eigenvalue weighted by atomic mass is 16.5. The maximum atomic E-state index is 12.3. The van der Waals surface area contributed by atoms with Crippen LogP contribution >= 0.6 is 0 Å². The molecule has 0 spiro atoms. The van der Waals surface area contributed by atoms with Gasteiger partial charge in [0.05, 0.1) is 26.4 Å². The van der Waals surface area contributed by atoms with Crippen molar-refractivity contribution < 1.29 is 14.3 Å². The zero-order chi connectivity index (χ0) is 19.5. The van der Waals surface area contributed by atoms with E-state index >= 15 is 0 Å². The summed E-state index contributed by atoms with van der Waals surface area (Å²) < 4.78 is 10.5. The molecule has 0 fully saturated rings. The smallest absolute Gasteiger partial charge is 0.244 e. The minimum atomic E-state index is -0.161.